The molecule has 0 spiro atoms. The van der Waals surface area contributed by atoms with Crippen LogP contribution in [0.2, 0.25) is 0 Å². The number of piperidine rings is 1. The van der Waals surface area contributed by atoms with Crippen molar-refractivity contribution in [2.75, 3.05) is 32.1 Å². The van der Waals surface area contributed by atoms with Crippen molar-refractivity contribution in [3.05, 3.63) is 53.8 Å². The van der Waals surface area contributed by atoms with E-state index in [4.69, 9.17) is 21.7 Å². The molecule has 154 valence electrons. The van der Waals surface area contributed by atoms with Gasteiger partial charge in [-0.1, -0.05) is 19.1 Å². The van der Waals surface area contributed by atoms with Crippen LogP contribution in [0, 0.1) is 11.7 Å². The number of carbonyl (C=O) groups is 1. The Hall–Kier alpha value is -2.67. The third-order valence-corrected chi connectivity index (χ3v) is 5.46. The molecule has 7 heteroatoms. The lowest BCUT2D eigenvalue weighted by molar-refractivity contribution is -0.118. The van der Waals surface area contributed by atoms with Gasteiger partial charge in [0.15, 0.2) is 18.1 Å². The highest BCUT2D eigenvalue weighted by atomic mass is 32.1. The summed E-state index contributed by atoms with van der Waals surface area (Å²) in [5.74, 6) is 1.01. The first kappa shape index (κ1) is 21.0. The topological polar surface area (TPSA) is 50.8 Å². The zero-order valence-corrected chi connectivity index (χ0v) is 17.4. The van der Waals surface area contributed by atoms with Gasteiger partial charge in [0, 0.05) is 24.3 Å². The first-order chi connectivity index (χ1) is 14.0. The third kappa shape index (κ3) is 5.67. The first-order valence-electron chi connectivity index (χ1n) is 9.62. The van der Waals surface area contributed by atoms with Gasteiger partial charge in [0.2, 0.25) is 0 Å². The second-order valence-electron chi connectivity index (χ2n) is 7.18. The van der Waals surface area contributed by atoms with E-state index in [9.17, 15) is 9.18 Å². The number of thiocarbonyl (C=S) groups is 1. The summed E-state index contributed by atoms with van der Waals surface area (Å²) in [6.07, 6.45) is 2.28. The second-order valence-corrected chi connectivity index (χ2v) is 7.57. The van der Waals surface area contributed by atoms with Gasteiger partial charge < -0.3 is 19.7 Å². The molecule has 0 aromatic heterocycles. The predicted octanol–water partition coefficient (Wildman–Crippen LogP) is 4.26. The molecular formula is C22H25FN2O3S. The molecule has 2 aromatic carbocycles. The molecule has 2 aromatic rings. The smallest absolute Gasteiger partial charge is 0.262 e. The van der Waals surface area contributed by atoms with Crippen LogP contribution in [0.15, 0.2) is 42.5 Å². The summed E-state index contributed by atoms with van der Waals surface area (Å²) < 4.78 is 24.0. The van der Waals surface area contributed by atoms with E-state index in [1.165, 1.54) is 24.3 Å². The molecule has 1 aliphatic rings. The minimum absolute atomic E-state index is 0.193. The van der Waals surface area contributed by atoms with Crippen LogP contribution in [-0.4, -0.2) is 42.6 Å². The number of hydrogen-bond acceptors (Lipinski definition) is 4. The first-order valence-corrected chi connectivity index (χ1v) is 10.0. The van der Waals surface area contributed by atoms with Gasteiger partial charge in [0.1, 0.15) is 10.8 Å². The maximum absolute atomic E-state index is 12.9. The van der Waals surface area contributed by atoms with E-state index in [2.05, 4.69) is 17.1 Å². The Morgan fingerprint density at radius 3 is 2.52 bits per heavy atom. The van der Waals surface area contributed by atoms with Crippen LogP contribution in [0.4, 0.5) is 10.1 Å². The monoisotopic (exact) mass is 416 g/mol. The Labute approximate surface area is 175 Å². The second kappa shape index (κ2) is 9.69. The number of ether oxygens (including phenoxy) is 2. The molecule has 1 heterocycles. The number of anilines is 1. The average molecular weight is 417 g/mol. The van der Waals surface area contributed by atoms with Crippen molar-refractivity contribution in [3.8, 4) is 11.5 Å². The van der Waals surface area contributed by atoms with E-state index in [1.807, 2.05) is 12.1 Å². The summed E-state index contributed by atoms with van der Waals surface area (Å²) >= 11 is 5.66. The number of nitrogens with one attached hydrogen (secondary N) is 1. The van der Waals surface area contributed by atoms with Gasteiger partial charge in [-0.3, -0.25) is 4.79 Å². The molecule has 0 unspecified atom stereocenters. The highest BCUT2D eigenvalue weighted by Crippen LogP contribution is 2.29. The van der Waals surface area contributed by atoms with Crippen molar-refractivity contribution in [2.45, 2.75) is 19.8 Å². The third-order valence-electron chi connectivity index (χ3n) is 4.97. The van der Waals surface area contributed by atoms with E-state index in [-0.39, 0.29) is 18.3 Å². The van der Waals surface area contributed by atoms with E-state index < -0.39 is 0 Å². The lowest BCUT2D eigenvalue weighted by Gasteiger charge is -2.32. The number of halogens is 1. The summed E-state index contributed by atoms with van der Waals surface area (Å²) in [5.41, 5.74) is 1.40. The summed E-state index contributed by atoms with van der Waals surface area (Å²) in [7, 11) is 1.55. The maximum Gasteiger partial charge on any atom is 0.262 e. The Morgan fingerprint density at radius 2 is 1.86 bits per heavy atom. The van der Waals surface area contributed by atoms with Crippen molar-refractivity contribution in [1.29, 1.82) is 0 Å². The van der Waals surface area contributed by atoms with Crippen molar-refractivity contribution in [3.63, 3.8) is 0 Å². The largest absolute Gasteiger partial charge is 0.493 e. The Balaban J connectivity index is 1.60. The quantitative estimate of drug-likeness (QED) is 0.713. The lowest BCUT2D eigenvalue weighted by atomic mass is 9.99. The number of methoxy groups -OCH3 is 1. The van der Waals surface area contributed by atoms with Crippen molar-refractivity contribution in [1.82, 2.24) is 4.90 Å². The van der Waals surface area contributed by atoms with E-state index >= 15 is 0 Å². The van der Waals surface area contributed by atoms with Crippen molar-refractivity contribution < 1.29 is 18.7 Å². The predicted molar refractivity (Wildman–Crippen MR) is 115 cm³/mol. The Morgan fingerprint density at radius 1 is 1.17 bits per heavy atom. The maximum atomic E-state index is 12.9. The molecular weight excluding hydrogens is 391 g/mol. The van der Waals surface area contributed by atoms with Gasteiger partial charge in [-0.05, 0) is 61.2 Å². The van der Waals surface area contributed by atoms with E-state index in [1.54, 1.807) is 13.2 Å². The number of hydrogen-bond donors (Lipinski definition) is 1. The normalized spacial score (nSPS) is 14.4. The van der Waals surface area contributed by atoms with E-state index in [0.717, 1.165) is 42.4 Å². The lowest BCUT2D eigenvalue weighted by Crippen LogP contribution is -2.37. The molecule has 1 N–H and O–H groups in total. The number of benzene rings is 2. The van der Waals surface area contributed by atoms with Gasteiger partial charge in [0.05, 0.1) is 7.11 Å². The van der Waals surface area contributed by atoms with Crippen LogP contribution in [0.5, 0.6) is 11.5 Å². The number of rotatable bonds is 6. The van der Waals surface area contributed by atoms with Crippen molar-refractivity contribution in [2.24, 2.45) is 5.92 Å². The SMILES string of the molecule is COc1cc(C(=S)N2CCC(C)CC2)ccc1OCC(=O)Nc1ccc(F)cc1. The zero-order chi connectivity index (χ0) is 20.8. The van der Waals surface area contributed by atoms with Crippen LogP contribution in [-0.2, 0) is 4.79 Å². The van der Waals surface area contributed by atoms with Gasteiger partial charge in [-0.15, -0.1) is 0 Å². The Kier molecular flexibility index (Phi) is 7.04. The minimum atomic E-state index is -0.360. The van der Waals surface area contributed by atoms with E-state index in [0.29, 0.717) is 17.2 Å². The van der Waals surface area contributed by atoms with Gasteiger partial charge in [-0.25, -0.2) is 4.39 Å². The molecule has 0 saturated carbocycles. The standard InChI is InChI=1S/C22H25FN2O3S/c1-15-9-11-25(12-10-15)22(29)16-3-8-19(20(13-16)27-2)28-14-21(26)24-18-6-4-17(23)5-7-18/h3-8,13,15H,9-12,14H2,1-2H3,(H,24,26). The minimum Gasteiger partial charge on any atom is -0.493 e. The number of likely N-dealkylation sites (tertiary alicyclic amines) is 1. The number of carbonyl (C=O) groups excluding carboxylic acids is 1. The Bertz CT molecular complexity index is 865. The zero-order valence-electron chi connectivity index (χ0n) is 16.6. The molecule has 0 aliphatic carbocycles. The van der Waals surface area contributed by atoms with Crippen LogP contribution in [0.1, 0.15) is 25.3 Å². The molecule has 1 aliphatic heterocycles. The fourth-order valence-corrected chi connectivity index (χ4v) is 3.50. The molecule has 0 radical (unpaired) electrons. The number of nitrogens with zero attached hydrogens (tertiary/aromatic N) is 1. The molecule has 29 heavy (non-hydrogen) atoms. The summed E-state index contributed by atoms with van der Waals surface area (Å²) in [4.78, 5) is 15.1. The molecule has 1 amide bonds. The fourth-order valence-electron chi connectivity index (χ4n) is 3.19. The highest BCUT2D eigenvalue weighted by Gasteiger charge is 2.20. The number of amides is 1. The summed E-state index contributed by atoms with van der Waals surface area (Å²) in [6, 6.07) is 11.0. The average Bonchev–Trinajstić information content (AvgIpc) is 2.74. The highest BCUT2D eigenvalue weighted by molar-refractivity contribution is 7.80. The van der Waals surface area contributed by atoms with Crippen LogP contribution in [0.3, 0.4) is 0 Å². The molecule has 1 saturated heterocycles. The van der Waals surface area contributed by atoms with Crippen molar-refractivity contribution >= 4 is 28.8 Å². The summed E-state index contributed by atoms with van der Waals surface area (Å²) in [5, 5.41) is 2.65. The molecule has 0 bridgehead atoms. The van der Waals surface area contributed by atoms with Crippen LogP contribution < -0.4 is 14.8 Å². The molecule has 5 nitrogen and oxygen atoms in total. The van der Waals surface area contributed by atoms with Gasteiger partial charge in [0.25, 0.3) is 5.91 Å². The van der Waals surface area contributed by atoms with Crippen LogP contribution >= 0.6 is 12.2 Å². The summed E-state index contributed by atoms with van der Waals surface area (Å²) in [6.45, 7) is 4.00. The molecule has 3 rings (SSSR count). The molecule has 1 fully saturated rings. The fraction of sp³-hybridized carbons (Fsp3) is 0.364. The van der Waals surface area contributed by atoms with Crippen LogP contribution in [0.25, 0.3) is 0 Å². The molecule has 0 atom stereocenters. The van der Waals surface area contributed by atoms with Gasteiger partial charge in [-0.2, -0.15) is 0 Å². The van der Waals surface area contributed by atoms with Gasteiger partial charge >= 0.3 is 0 Å².